The van der Waals surface area contributed by atoms with Gasteiger partial charge in [0.25, 0.3) is 5.91 Å². The first-order valence-corrected chi connectivity index (χ1v) is 8.20. The number of para-hydroxylation sites is 1. The Bertz CT molecular complexity index is 898. The molecular formula is C19H21ClN4O3. The van der Waals surface area contributed by atoms with Gasteiger partial charge in [-0.15, -0.1) is 12.4 Å². The summed E-state index contributed by atoms with van der Waals surface area (Å²) in [4.78, 5) is 27.3. The molecule has 7 nitrogen and oxygen atoms in total. The van der Waals surface area contributed by atoms with Crippen LogP contribution in [0.4, 0.5) is 4.79 Å². The van der Waals surface area contributed by atoms with Gasteiger partial charge in [0, 0.05) is 23.5 Å². The summed E-state index contributed by atoms with van der Waals surface area (Å²) in [7, 11) is 0. The van der Waals surface area contributed by atoms with E-state index >= 15 is 0 Å². The number of fused-ring (bicyclic) bond motifs is 1. The predicted octanol–water partition coefficient (Wildman–Crippen LogP) is 2.42. The van der Waals surface area contributed by atoms with Crippen molar-refractivity contribution in [3.05, 3.63) is 71.9 Å². The molecule has 2 aromatic carbocycles. The number of ether oxygens (including phenoxy) is 1. The number of benzene rings is 2. The molecule has 3 rings (SSSR count). The van der Waals surface area contributed by atoms with Gasteiger partial charge in [0.05, 0.1) is 0 Å². The number of carbonyl (C=O) groups excluding carboxylic acids is 2. The Morgan fingerprint density at radius 1 is 1.07 bits per heavy atom. The zero-order valence-corrected chi connectivity index (χ0v) is 15.3. The van der Waals surface area contributed by atoms with E-state index in [1.54, 1.807) is 0 Å². The molecule has 0 aliphatic carbocycles. The lowest BCUT2D eigenvalue weighted by Gasteiger charge is -2.17. The van der Waals surface area contributed by atoms with Gasteiger partial charge in [0.15, 0.2) is 0 Å². The smallest absolute Gasteiger partial charge is 0.408 e. The largest absolute Gasteiger partial charge is 0.445 e. The number of hydrogen-bond acceptors (Lipinski definition) is 4. The van der Waals surface area contributed by atoms with Crippen LogP contribution in [0.1, 0.15) is 11.1 Å². The van der Waals surface area contributed by atoms with E-state index in [0.29, 0.717) is 0 Å². The molecule has 0 bridgehead atoms. The van der Waals surface area contributed by atoms with Gasteiger partial charge in [-0.1, -0.05) is 48.5 Å². The minimum absolute atomic E-state index is 0. The van der Waals surface area contributed by atoms with E-state index in [0.717, 1.165) is 22.0 Å². The number of hydrogen-bond donors (Lipinski definition) is 4. The number of aromatic nitrogens is 1. The molecule has 1 atom stereocenters. The molecule has 0 unspecified atom stereocenters. The lowest BCUT2D eigenvalue weighted by molar-refractivity contribution is -0.123. The molecule has 0 aliphatic heterocycles. The van der Waals surface area contributed by atoms with Gasteiger partial charge in [0.2, 0.25) is 0 Å². The summed E-state index contributed by atoms with van der Waals surface area (Å²) in [5, 5.41) is 3.56. The lowest BCUT2D eigenvalue weighted by Crippen LogP contribution is -2.50. The van der Waals surface area contributed by atoms with Crippen molar-refractivity contribution >= 4 is 35.3 Å². The average Bonchev–Trinajstić information content (AvgIpc) is 3.09. The Hall–Kier alpha value is -3.03. The second-order valence-corrected chi connectivity index (χ2v) is 5.83. The van der Waals surface area contributed by atoms with Crippen molar-refractivity contribution in [3.8, 4) is 0 Å². The van der Waals surface area contributed by atoms with E-state index in [1.807, 2.05) is 60.8 Å². The molecule has 3 aromatic rings. The number of rotatable bonds is 6. The molecule has 0 saturated heterocycles. The fourth-order valence-electron chi connectivity index (χ4n) is 2.74. The summed E-state index contributed by atoms with van der Waals surface area (Å²) in [6, 6.07) is 16.2. The molecule has 0 spiro atoms. The van der Waals surface area contributed by atoms with Crippen molar-refractivity contribution in [2.75, 3.05) is 0 Å². The van der Waals surface area contributed by atoms with Crippen LogP contribution in [-0.4, -0.2) is 23.0 Å². The van der Waals surface area contributed by atoms with Crippen LogP contribution in [0.2, 0.25) is 0 Å². The first-order chi connectivity index (χ1) is 12.7. The first-order valence-electron chi connectivity index (χ1n) is 8.20. The van der Waals surface area contributed by atoms with E-state index in [2.05, 4.69) is 15.7 Å². The molecule has 0 radical (unpaired) electrons. The Labute approximate surface area is 162 Å². The lowest BCUT2D eigenvalue weighted by atomic mass is 10.0. The number of halogens is 1. The number of nitrogens with one attached hydrogen (secondary N) is 3. The molecule has 0 aliphatic rings. The highest BCUT2D eigenvalue weighted by Crippen LogP contribution is 2.19. The van der Waals surface area contributed by atoms with Crippen LogP contribution in [0.15, 0.2) is 60.8 Å². The highest BCUT2D eigenvalue weighted by atomic mass is 35.5. The third-order valence-corrected chi connectivity index (χ3v) is 4.06. The molecule has 0 fully saturated rings. The topological polar surface area (TPSA) is 109 Å². The molecule has 27 heavy (non-hydrogen) atoms. The standard InChI is InChI=1S/C19H20N4O3.ClH/c20-23-18(24)17(10-14-11-21-16-9-5-4-8-15(14)16)22-19(25)26-12-13-6-2-1-3-7-13;/h1-9,11,17,21H,10,12,20H2,(H,22,25)(H,23,24);1H/t17-;/m0./s1. The molecule has 5 N–H and O–H groups in total. The van der Waals surface area contributed by atoms with E-state index in [-0.39, 0.29) is 25.4 Å². The van der Waals surface area contributed by atoms with Crippen LogP contribution >= 0.6 is 12.4 Å². The maximum Gasteiger partial charge on any atom is 0.408 e. The number of H-pyrrole nitrogens is 1. The number of amides is 2. The number of carbonyl (C=O) groups is 2. The maximum absolute atomic E-state index is 12.1. The van der Waals surface area contributed by atoms with Crippen molar-refractivity contribution in [2.45, 2.75) is 19.1 Å². The summed E-state index contributed by atoms with van der Waals surface area (Å²) in [6.45, 7) is 0.122. The van der Waals surface area contributed by atoms with E-state index in [1.165, 1.54) is 0 Å². The van der Waals surface area contributed by atoms with E-state index in [9.17, 15) is 9.59 Å². The van der Waals surface area contributed by atoms with Gasteiger partial charge >= 0.3 is 6.09 Å². The molecule has 1 heterocycles. The SMILES string of the molecule is Cl.NNC(=O)[C@H](Cc1c[nH]c2ccccc12)NC(=O)OCc1ccccc1. The van der Waals surface area contributed by atoms with Crippen molar-refractivity contribution in [1.82, 2.24) is 15.7 Å². The number of aromatic amines is 1. The Morgan fingerprint density at radius 2 is 1.78 bits per heavy atom. The molecule has 1 aromatic heterocycles. The Kier molecular flexibility index (Phi) is 7.22. The molecule has 8 heteroatoms. The molecule has 0 saturated carbocycles. The van der Waals surface area contributed by atoms with Crippen molar-refractivity contribution in [1.29, 1.82) is 0 Å². The average molecular weight is 389 g/mol. The van der Waals surface area contributed by atoms with Crippen LogP contribution < -0.4 is 16.6 Å². The zero-order valence-electron chi connectivity index (χ0n) is 14.5. The summed E-state index contributed by atoms with van der Waals surface area (Å²) >= 11 is 0. The quantitative estimate of drug-likeness (QED) is 0.295. The maximum atomic E-state index is 12.1. The van der Waals surface area contributed by atoms with Gasteiger partial charge in [-0.2, -0.15) is 0 Å². The Balaban J connectivity index is 0.00000261. The minimum atomic E-state index is -0.845. The number of alkyl carbamates (subject to hydrolysis) is 1. The summed E-state index contributed by atoms with van der Waals surface area (Å²) in [6.07, 6.45) is 1.42. The van der Waals surface area contributed by atoms with Crippen LogP contribution in [0, 0.1) is 0 Å². The number of hydrazine groups is 1. The van der Waals surface area contributed by atoms with Crippen LogP contribution in [0.3, 0.4) is 0 Å². The van der Waals surface area contributed by atoms with Gasteiger partial charge in [-0.25, -0.2) is 10.6 Å². The van der Waals surface area contributed by atoms with Gasteiger partial charge in [-0.3, -0.25) is 10.2 Å². The fraction of sp³-hybridized carbons (Fsp3) is 0.158. The third-order valence-electron chi connectivity index (χ3n) is 4.06. The fourth-order valence-corrected chi connectivity index (χ4v) is 2.74. The second kappa shape index (κ2) is 9.61. The highest BCUT2D eigenvalue weighted by molar-refractivity contribution is 5.88. The normalized spacial score (nSPS) is 11.3. The minimum Gasteiger partial charge on any atom is -0.445 e. The summed E-state index contributed by atoms with van der Waals surface area (Å²) < 4.78 is 5.18. The van der Waals surface area contributed by atoms with Gasteiger partial charge in [0.1, 0.15) is 12.6 Å². The van der Waals surface area contributed by atoms with Crippen molar-refractivity contribution in [2.24, 2.45) is 5.84 Å². The van der Waals surface area contributed by atoms with E-state index < -0.39 is 18.0 Å². The summed E-state index contributed by atoms with van der Waals surface area (Å²) in [5.74, 6) is 4.76. The molecular weight excluding hydrogens is 368 g/mol. The second-order valence-electron chi connectivity index (χ2n) is 5.83. The van der Waals surface area contributed by atoms with Crippen LogP contribution in [0.5, 0.6) is 0 Å². The van der Waals surface area contributed by atoms with Crippen molar-refractivity contribution in [3.63, 3.8) is 0 Å². The summed E-state index contributed by atoms with van der Waals surface area (Å²) in [5.41, 5.74) is 4.81. The van der Waals surface area contributed by atoms with E-state index in [4.69, 9.17) is 10.6 Å². The van der Waals surface area contributed by atoms with Gasteiger partial charge in [-0.05, 0) is 17.2 Å². The Morgan fingerprint density at radius 3 is 2.52 bits per heavy atom. The predicted molar refractivity (Wildman–Crippen MR) is 105 cm³/mol. The van der Waals surface area contributed by atoms with Crippen LogP contribution in [-0.2, 0) is 22.6 Å². The third kappa shape index (κ3) is 5.22. The molecule has 2 amide bonds. The van der Waals surface area contributed by atoms with Crippen LogP contribution in [0.25, 0.3) is 10.9 Å². The highest BCUT2D eigenvalue weighted by Gasteiger charge is 2.22. The number of nitrogens with two attached hydrogens (primary N) is 1. The van der Waals surface area contributed by atoms with Crippen molar-refractivity contribution < 1.29 is 14.3 Å². The van der Waals surface area contributed by atoms with Gasteiger partial charge < -0.3 is 15.0 Å². The zero-order chi connectivity index (χ0) is 18.4. The first kappa shape index (κ1) is 20.3. The molecule has 142 valence electrons. The monoisotopic (exact) mass is 388 g/mol.